The predicted octanol–water partition coefficient (Wildman–Crippen LogP) is 4.28. The summed E-state index contributed by atoms with van der Waals surface area (Å²) < 4.78 is 0. The van der Waals surface area contributed by atoms with Gasteiger partial charge in [-0.3, -0.25) is 9.79 Å². The third kappa shape index (κ3) is 7.35. The molecule has 0 aliphatic rings. The summed E-state index contributed by atoms with van der Waals surface area (Å²) in [6, 6.07) is 12.2. The summed E-state index contributed by atoms with van der Waals surface area (Å²) in [6.07, 6.45) is 1.90. The first kappa shape index (κ1) is 22.0. The number of guanidine groups is 1. The minimum absolute atomic E-state index is 0.0148. The molecule has 0 aliphatic carbocycles. The van der Waals surface area contributed by atoms with E-state index in [2.05, 4.69) is 45.4 Å². The third-order valence-electron chi connectivity index (χ3n) is 4.69. The van der Waals surface area contributed by atoms with Crippen molar-refractivity contribution < 1.29 is 4.79 Å². The summed E-state index contributed by atoms with van der Waals surface area (Å²) in [5.74, 6) is 1.38. The van der Waals surface area contributed by atoms with E-state index in [9.17, 15) is 4.79 Å². The van der Waals surface area contributed by atoms with Crippen LogP contribution in [0.15, 0.2) is 46.8 Å². The van der Waals surface area contributed by atoms with Gasteiger partial charge in [-0.05, 0) is 47.9 Å². The van der Waals surface area contributed by atoms with Gasteiger partial charge in [0.25, 0.3) is 0 Å². The number of anilines is 1. The summed E-state index contributed by atoms with van der Waals surface area (Å²) in [4.78, 5) is 17.8. The first-order chi connectivity index (χ1) is 13.5. The van der Waals surface area contributed by atoms with E-state index in [-0.39, 0.29) is 11.8 Å². The van der Waals surface area contributed by atoms with Crippen molar-refractivity contribution in [2.45, 2.75) is 40.2 Å². The Bertz CT molecular complexity index is 758. The molecule has 0 bridgehead atoms. The van der Waals surface area contributed by atoms with Crippen LogP contribution in [0.1, 0.15) is 37.6 Å². The van der Waals surface area contributed by atoms with E-state index < -0.39 is 0 Å². The van der Waals surface area contributed by atoms with Crippen LogP contribution < -0.4 is 16.0 Å². The van der Waals surface area contributed by atoms with E-state index >= 15 is 0 Å². The lowest BCUT2D eigenvalue weighted by Gasteiger charge is -2.16. The number of thiophene rings is 1. The average Bonchev–Trinajstić information content (AvgIpc) is 3.20. The van der Waals surface area contributed by atoms with Crippen molar-refractivity contribution in [1.29, 1.82) is 0 Å². The van der Waals surface area contributed by atoms with Crippen LogP contribution >= 0.6 is 11.3 Å². The third-order valence-corrected chi connectivity index (χ3v) is 5.58. The highest BCUT2D eigenvalue weighted by atomic mass is 32.1. The zero-order valence-electron chi connectivity index (χ0n) is 17.3. The van der Waals surface area contributed by atoms with Gasteiger partial charge in [0.2, 0.25) is 5.91 Å². The SMILES string of the molecule is CCC(C)C(=O)Nc1cccc(CNC(=NC)NCC(C)Cc2cccs2)c1. The number of carbonyl (C=O) groups is 1. The standard InChI is InChI=1S/C22H32N4OS/c1-5-17(3)21(27)26-19-9-6-8-18(13-19)15-25-22(23-4)24-14-16(2)12-20-10-7-11-28-20/h6-11,13,16-17H,5,12,14-15H2,1-4H3,(H,26,27)(H2,23,24,25). The smallest absolute Gasteiger partial charge is 0.227 e. The zero-order valence-corrected chi connectivity index (χ0v) is 18.1. The van der Waals surface area contributed by atoms with Crippen molar-refractivity contribution >= 4 is 28.9 Å². The zero-order chi connectivity index (χ0) is 20.4. The summed E-state index contributed by atoms with van der Waals surface area (Å²) in [6.45, 7) is 7.71. The lowest BCUT2D eigenvalue weighted by atomic mass is 10.1. The first-order valence-electron chi connectivity index (χ1n) is 9.88. The van der Waals surface area contributed by atoms with Crippen molar-refractivity contribution in [3.05, 3.63) is 52.2 Å². The number of nitrogens with zero attached hydrogens (tertiary/aromatic N) is 1. The van der Waals surface area contributed by atoms with E-state index in [0.29, 0.717) is 12.5 Å². The van der Waals surface area contributed by atoms with Gasteiger partial charge < -0.3 is 16.0 Å². The fraction of sp³-hybridized carbons (Fsp3) is 0.455. The van der Waals surface area contributed by atoms with Crippen molar-refractivity contribution in [3.63, 3.8) is 0 Å². The van der Waals surface area contributed by atoms with Crippen molar-refractivity contribution in [2.75, 3.05) is 18.9 Å². The summed E-state index contributed by atoms with van der Waals surface area (Å²) in [5.41, 5.74) is 1.92. The highest BCUT2D eigenvalue weighted by Crippen LogP contribution is 2.14. The molecule has 1 heterocycles. The molecule has 152 valence electrons. The molecule has 0 fully saturated rings. The van der Waals surface area contributed by atoms with Crippen LogP contribution in [0.3, 0.4) is 0 Å². The number of benzene rings is 1. The molecule has 2 aromatic rings. The van der Waals surface area contributed by atoms with Gasteiger partial charge in [-0.2, -0.15) is 0 Å². The van der Waals surface area contributed by atoms with E-state index in [1.54, 1.807) is 18.4 Å². The number of nitrogens with one attached hydrogen (secondary N) is 3. The molecule has 0 aliphatic heterocycles. The van der Waals surface area contributed by atoms with Crippen LogP contribution in [-0.4, -0.2) is 25.5 Å². The molecule has 3 N–H and O–H groups in total. The normalized spacial score (nSPS) is 13.6. The lowest BCUT2D eigenvalue weighted by molar-refractivity contribution is -0.119. The average molecular weight is 401 g/mol. The van der Waals surface area contributed by atoms with Gasteiger partial charge >= 0.3 is 0 Å². The lowest BCUT2D eigenvalue weighted by Crippen LogP contribution is -2.39. The van der Waals surface area contributed by atoms with Gasteiger partial charge in [-0.1, -0.05) is 39.0 Å². The van der Waals surface area contributed by atoms with Gasteiger partial charge in [-0.25, -0.2) is 0 Å². The second-order valence-electron chi connectivity index (χ2n) is 7.19. The van der Waals surface area contributed by atoms with Gasteiger partial charge in [0, 0.05) is 36.6 Å². The Morgan fingerprint density at radius 1 is 1.18 bits per heavy atom. The van der Waals surface area contributed by atoms with Crippen LogP contribution in [0.2, 0.25) is 0 Å². The predicted molar refractivity (Wildman–Crippen MR) is 120 cm³/mol. The van der Waals surface area contributed by atoms with Gasteiger partial charge in [0.15, 0.2) is 5.96 Å². The van der Waals surface area contributed by atoms with Crippen molar-refractivity contribution in [1.82, 2.24) is 10.6 Å². The maximum absolute atomic E-state index is 12.1. The molecule has 0 radical (unpaired) electrons. The molecule has 0 saturated heterocycles. The Hall–Kier alpha value is -2.34. The minimum Gasteiger partial charge on any atom is -0.356 e. The van der Waals surface area contributed by atoms with E-state index in [1.807, 2.05) is 38.1 Å². The van der Waals surface area contributed by atoms with Crippen LogP contribution in [0.5, 0.6) is 0 Å². The van der Waals surface area contributed by atoms with Gasteiger partial charge in [-0.15, -0.1) is 11.3 Å². The largest absolute Gasteiger partial charge is 0.356 e. The molecular weight excluding hydrogens is 368 g/mol. The molecular formula is C22H32N4OS. The minimum atomic E-state index is 0.0148. The maximum Gasteiger partial charge on any atom is 0.227 e. The second-order valence-corrected chi connectivity index (χ2v) is 8.23. The Morgan fingerprint density at radius 3 is 2.68 bits per heavy atom. The Kier molecular flexibility index (Phi) is 9.01. The highest BCUT2D eigenvalue weighted by molar-refractivity contribution is 7.09. The summed E-state index contributed by atoms with van der Waals surface area (Å²) in [5, 5.41) is 11.8. The molecule has 2 atom stereocenters. The monoisotopic (exact) mass is 400 g/mol. The molecule has 1 aromatic carbocycles. The molecule has 2 rings (SSSR count). The molecule has 1 amide bonds. The molecule has 0 saturated carbocycles. The molecule has 2 unspecified atom stereocenters. The van der Waals surface area contributed by atoms with E-state index in [4.69, 9.17) is 0 Å². The molecule has 1 aromatic heterocycles. The molecule has 6 heteroatoms. The number of rotatable bonds is 9. The second kappa shape index (κ2) is 11.5. The summed E-state index contributed by atoms with van der Waals surface area (Å²) >= 11 is 1.80. The van der Waals surface area contributed by atoms with E-state index in [1.165, 1.54) is 4.88 Å². The van der Waals surface area contributed by atoms with Gasteiger partial charge in [0.1, 0.15) is 0 Å². The molecule has 0 spiro atoms. The number of amides is 1. The molecule has 28 heavy (non-hydrogen) atoms. The Balaban J connectivity index is 1.81. The fourth-order valence-corrected chi connectivity index (χ4v) is 3.60. The number of carbonyl (C=O) groups excluding carboxylic acids is 1. The van der Waals surface area contributed by atoms with Crippen LogP contribution in [0.4, 0.5) is 5.69 Å². The Labute approximate surface area is 172 Å². The van der Waals surface area contributed by atoms with Crippen molar-refractivity contribution in [2.24, 2.45) is 16.8 Å². The van der Waals surface area contributed by atoms with E-state index in [0.717, 1.165) is 36.6 Å². The maximum atomic E-state index is 12.1. The Morgan fingerprint density at radius 2 is 2.00 bits per heavy atom. The summed E-state index contributed by atoms with van der Waals surface area (Å²) in [7, 11) is 1.78. The van der Waals surface area contributed by atoms with Crippen LogP contribution in [-0.2, 0) is 17.8 Å². The number of aliphatic imine (C=N–C) groups is 1. The number of hydrogen-bond donors (Lipinski definition) is 3. The van der Waals surface area contributed by atoms with Crippen LogP contribution in [0.25, 0.3) is 0 Å². The van der Waals surface area contributed by atoms with Crippen LogP contribution in [0, 0.1) is 11.8 Å². The number of hydrogen-bond acceptors (Lipinski definition) is 3. The van der Waals surface area contributed by atoms with Crippen molar-refractivity contribution in [3.8, 4) is 0 Å². The fourth-order valence-electron chi connectivity index (χ4n) is 2.73. The topological polar surface area (TPSA) is 65.5 Å². The van der Waals surface area contributed by atoms with Gasteiger partial charge in [0.05, 0.1) is 0 Å². The molecule has 5 nitrogen and oxygen atoms in total. The first-order valence-corrected chi connectivity index (χ1v) is 10.8. The quantitative estimate of drug-likeness (QED) is 0.435. The highest BCUT2D eigenvalue weighted by Gasteiger charge is 2.11.